The lowest BCUT2D eigenvalue weighted by Crippen LogP contribution is -1.99. The largest absolute Gasteiger partial charge is 0.460 e. The van der Waals surface area contributed by atoms with Gasteiger partial charge < -0.3 is 8.83 Å². The molecule has 0 aliphatic rings. The van der Waals surface area contributed by atoms with Crippen LogP contribution in [-0.2, 0) is 0 Å². The van der Waals surface area contributed by atoms with Gasteiger partial charge in [0, 0.05) is 28.0 Å². The van der Waals surface area contributed by atoms with Gasteiger partial charge in [0.25, 0.3) is 0 Å². The minimum atomic E-state index is -0.330. The summed E-state index contributed by atoms with van der Waals surface area (Å²) in [5.74, 6) is 0.865. The van der Waals surface area contributed by atoms with E-state index in [-0.39, 0.29) is 5.63 Å². The van der Waals surface area contributed by atoms with Crippen molar-refractivity contribution in [3.8, 4) is 11.1 Å². The molecule has 0 aliphatic heterocycles. The minimum Gasteiger partial charge on any atom is -0.460 e. The number of hydrogen-bond acceptors (Lipinski definition) is 3. The van der Waals surface area contributed by atoms with Crippen molar-refractivity contribution in [2.24, 2.45) is 0 Å². The van der Waals surface area contributed by atoms with Crippen LogP contribution < -0.4 is 5.63 Å². The van der Waals surface area contributed by atoms with E-state index in [2.05, 4.69) is 18.2 Å². The van der Waals surface area contributed by atoms with Crippen molar-refractivity contribution >= 4 is 21.9 Å². The van der Waals surface area contributed by atoms with E-state index in [4.69, 9.17) is 8.83 Å². The van der Waals surface area contributed by atoms with Gasteiger partial charge in [-0.3, -0.25) is 0 Å². The Kier molecular flexibility index (Phi) is 2.91. The topological polar surface area (TPSA) is 43.4 Å². The first-order valence-electron chi connectivity index (χ1n) is 7.59. The highest BCUT2D eigenvalue weighted by molar-refractivity contribution is 6.05. The Hall–Kier alpha value is -2.81. The highest BCUT2D eigenvalue weighted by atomic mass is 16.4. The van der Waals surface area contributed by atoms with Crippen LogP contribution in [-0.4, -0.2) is 0 Å². The summed E-state index contributed by atoms with van der Waals surface area (Å²) in [6, 6.07) is 13.8. The van der Waals surface area contributed by atoms with Crippen LogP contribution in [0.2, 0.25) is 0 Å². The molecule has 2 heterocycles. The highest BCUT2D eigenvalue weighted by Crippen LogP contribution is 2.39. The van der Waals surface area contributed by atoms with Crippen LogP contribution in [0.4, 0.5) is 0 Å². The standard InChI is InChI=1S/C20H16O3/c1-11-9-17(21)23-19-12(2)20-16(10-15(11)19)18(13(3)22-20)14-7-5-4-6-8-14/h4-10H,1-3H3. The molecule has 0 saturated heterocycles. The average molecular weight is 304 g/mol. The zero-order chi connectivity index (χ0) is 16.1. The van der Waals surface area contributed by atoms with Gasteiger partial charge in [0.1, 0.15) is 16.9 Å². The smallest absolute Gasteiger partial charge is 0.336 e. The molecule has 0 N–H and O–H groups in total. The molecule has 4 aromatic rings. The molecular formula is C20H16O3. The zero-order valence-electron chi connectivity index (χ0n) is 13.3. The predicted octanol–water partition coefficient (Wildman–Crippen LogP) is 5.13. The molecule has 0 aliphatic carbocycles. The lowest BCUT2D eigenvalue weighted by atomic mass is 9.98. The maximum Gasteiger partial charge on any atom is 0.336 e. The lowest BCUT2D eigenvalue weighted by molar-refractivity contribution is 0.552. The van der Waals surface area contributed by atoms with Gasteiger partial charge in [-0.1, -0.05) is 30.3 Å². The Morgan fingerprint density at radius 1 is 0.826 bits per heavy atom. The van der Waals surface area contributed by atoms with Crippen LogP contribution in [0, 0.1) is 20.8 Å². The average Bonchev–Trinajstić information content (AvgIpc) is 2.86. The first-order valence-corrected chi connectivity index (χ1v) is 7.59. The maximum atomic E-state index is 11.7. The van der Waals surface area contributed by atoms with Crippen LogP contribution in [0.5, 0.6) is 0 Å². The first-order chi connectivity index (χ1) is 11.1. The number of rotatable bonds is 1. The maximum absolute atomic E-state index is 11.7. The van der Waals surface area contributed by atoms with Crippen molar-refractivity contribution in [1.82, 2.24) is 0 Å². The van der Waals surface area contributed by atoms with E-state index in [0.717, 1.165) is 44.4 Å². The number of furan rings is 1. The third-order valence-corrected chi connectivity index (χ3v) is 4.36. The van der Waals surface area contributed by atoms with Crippen LogP contribution in [0.3, 0.4) is 0 Å². The van der Waals surface area contributed by atoms with Crippen molar-refractivity contribution in [2.75, 3.05) is 0 Å². The van der Waals surface area contributed by atoms with Gasteiger partial charge in [0.15, 0.2) is 0 Å². The summed E-state index contributed by atoms with van der Waals surface area (Å²) in [5, 5.41) is 2.00. The van der Waals surface area contributed by atoms with E-state index < -0.39 is 0 Å². The minimum absolute atomic E-state index is 0.330. The second kappa shape index (κ2) is 4.85. The molecule has 0 saturated carbocycles. The summed E-state index contributed by atoms with van der Waals surface area (Å²) in [4.78, 5) is 11.7. The zero-order valence-corrected chi connectivity index (χ0v) is 13.3. The van der Waals surface area contributed by atoms with Gasteiger partial charge >= 0.3 is 5.63 Å². The monoisotopic (exact) mass is 304 g/mol. The van der Waals surface area contributed by atoms with Gasteiger partial charge in [-0.2, -0.15) is 0 Å². The molecule has 2 aromatic heterocycles. The third kappa shape index (κ3) is 2.00. The molecule has 114 valence electrons. The molecule has 0 spiro atoms. The second-order valence-electron chi connectivity index (χ2n) is 5.90. The molecule has 0 atom stereocenters. The Labute approximate surface area is 133 Å². The molecule has 0 radical (unpaired) electrons. The van der Waals surface area contributed by atoms with E-state index in [1.165, 1.54) is 6.07 Å². The normalized spacial score (nSPS) is 11.4. The predicted molar refractivity (Wildman–Crippen MR) is 91.9 cm³/mol. The van der Waals surface area contributed by atoms with Crippen molar-refractivity contribution in [3.05, 3.63) is 69.8 Å². The number of hydrogen-bond donors (Lipinski definition) is 0. The molecule has 0 amide bonds. The van der Waals surface area contributed by atoms with E-state index in [1.807, 2.05) is 39.0 Å². The van der Waals surface area contributed by atoms with Gasteiger partial charge in [0.05, 0.1) is 0 Å². The Morgan fingerprint density at radius 3 is 2.26 bits per heavy atom. The molecule has 0 unspecified atom stereocenters. The van der Waals surface area contributed by atoms with Crippen molar-refractivity contribution in [1.29, 1.82) is 0 Å². The fraction of sp³-hybridized carbons (Fsp3) is 0.150. The van der Waals surface area contributed by atoms with Crippen molar-refractivity contribution in [3.63, 3.8) is 0 Å². The second-order valence-corrected chi connectivity index (χ2v) is 5.90. The highest BCUT2D eigenvalue weighted by Gasteiger charge is 2.18. The summed E-state index contributed by atoms with van der Waals surface area (Å²) in [6.07, 6.45) is 0. The molecule has 0 fully saturated rings. The van der Waals surface area contributed by atoms with Crippen LogP contribution >= 0.6 is 0 Å². The van der Waals surface area contributed by atoms with E-state index in [0.29, 0.717) is 5.58 Å². The van der Waals surface area contributed by atoms with Gasteiger partial charge in [-0.25, -0.2) is 4.79 Å². The van der Waals surface area contributed by atoms with Crippen LogP contribution in [0.15, 0.2) is 56.1 Å². The molecular weight excluding hydrogens is 288 g/mol. The number of aryl methyl sites for hydroxylation is 3. The van der Waals surface area contributed by atoms with Gasteiger partial charge in [0.2, 0.25) is 0 Å². The van der Waals surface area contributed by atoms with Crippen molar-refractivity contribution in [2.45, 2.75) is 20.8 Å². The summed E-state index contributed by atoms with van der Waals surface area (Å²) in [5.41, 5.74) is 5.05. The molecule has 23 heavy (non-hydrogen) atoms. The van der Waals surface area contributed by atoms with E-state index in [9.17, 15) is 4.79 Å². The van der Waals surface area contributed by atoms with Crippen LogP contribution in [0.25, 0.3) is 33.1 Å². The Bertz CT molecular complexity index is 1100. The Balaban J connectivity index is 2.19. The third-order valence-electron chi connectivity index (χ3n) is 4.36. The van der Waals surface area contributed by atoms with Gasteiger partial charge in [-0.15, -0.1) is 0 Å². The van der Waals surface area contributed by atoms with Crippen molar-refractivity contribution < 1.29 is 8.83 Å². The molecule has 3 heteroatoms. The van der Waals surface area contributed by atoms with E-state index in [1.54, 1.807) is 0 Å². The SMILES string of the molecule is Cc1oc2c(C)c3oc(=O)cc(C)c3cc2c1-c1ccccc1. The molecule has 4 rings (SSSR count). The fourth-order valence-electron chi connectivity index (χ4n) is 3.27. The van der Waals surface area contributed by atoms with Gasteiger partial charge in [-0.05, 0) is 38.0 Å². The quantitative estimate of drug-likeness (QED) is 0.458. The lowest BCUT2D eigenvalue weighted by Gasteiger charge is -2.05. The number of benzene rings is 2. The molecule has 2 aromatic carbocycles. The Morgan fingerprint density at radius 2 is 1.52 bits per heavy atom. The first kappa shape index (κ1) is 13.8. The summed E-state index contributed by atoms with van der Waals surface area (Å²) in [7, 11) is 0. The fourth-order valence-corrected chi connectivity index (χ4v) is 3.27. The van der Waals surface area contributed by atoms with E-state index >= 15 is 0 Å². The molecule has 3 nitrogen and oxygen atoms in total. The molecule has 0 bridgehead atoms. The summed E-state index contributed by atoms with van der Waals surface area (Å²) in [6.45, 7) is 5.83. The van der Waals surface area contributed by atoms with Crippen LogP contribution in [0.1, 0.15) is 16.9 Å². The summed E-state index contributed by atoms with van der Waals surface area (Å²) >= 11 is 0. The number of fused-ring (bicyclic) bond motifs is 2. The summed E-state index contributed by atoms with van der Waals surface area (Å²) < 4.78 is 11.4.